The molecule has 0 fully saturated rings. The Hall–Kier alpha value is -2.69. The summed E-state index contributed by atoms with van der Waals surface area (Å²) in [5, 5.41) is 4.45. The molecule has 0 amide bonds. The average Bonchev–Trinajstić information content (AvgIpc) is 2.98. The van der Waals surface area contributed by atoms with E-state index < -0.39 is 0 Å². The monoisotopic (exact) mass is 309 g/mol. The van der Waals surface area contributed by atoms with Crippen molar-refractivity contribution in [3.8, 4) is 17.0 Å². The molecule has 5 heteroatoms. The number of fused-ring (bicyclic) bond motifs is 1. The summed E-state index contributed by atoms with van der Waals surface area (Å²) in [5.74, 6) is 0.740. The second kappa shape index (κ2) is 5.83. The number of aromatic nitrogens is 3. The van der Waals surface area contributed by atoms with E-state index in [4.69, 9.17) is 4.74 Å². The number of carbonyl (C=O) groups is 1. The Labute approximate surface area is 134 Å². The third-order valence-electron chi connectivity index (χ3n) is 3.84. The van der Waals surface area contributed by atoms with Crippen LogP contribution in [0, 0.1) is 12.8 Å². The maximum Gasteiger partial charge on any atom is 0.185 e. The van der Waals surface area contributed by atoms with Gasteiger partial charge in [-0.2, -0.15) is 5.10 Å². The summed E-state index contributed by atoms with van der Waals surface area (Å²) in [6.45, 7) is 5.73. The molecule has 3 aromatic rings. The molecule has 2 heterocycles. The highest BCUT2D eigenvalue weighted by Crippen LogP contribution is 2.27. The van der Waals surface area contributed by atoms with Crippen molar-refractivity contribution in [1.29, 1.82) is 0 Å². The molecule has 0 saturated heterocycles. The van der Waals surface area contributed by atoms with Crippen molar-refractivity contribution >= 4 is 11.4 Å². The predicted octanol–water partition coefficient (Wildman–Crippen LogP) is 3.55. The lowest BCUT2D eigenvalue weighted by atomic mass is 10.1. The van der Waals surface area contributed by atoms with Crippen molar-refractivity contribution in [2.75, 3.05) is 7.11 Å². The van der Waals surface area contributed by atoms with Gasteiger partial charge in [0.05, 0.1) is 12.8 Å². The van der Waals surface area contributed by atoms with E-state index in [2.05, 4.69) is 10.1 Å². The quantitative estimate of drug-likeness (QED) is 0.692. The van der Waals surface area contributed by atoms with Crippen LogP contribution in [0.3, 0.4) is 0 Å². The fourth-order valence-corrected chi connectivity index (χ4v) is 2.51. The minimum absolute atomic E-state index is 0.0166. The molecule has 0 atom stereocenters. The second-order valence-electron chi connectivity index (χ2n) is 5.83. The number of nitrogens with zero attached hydrogens (tertiary/aromatic N) is 3. The van der Waals surface area contributed by atoms with E-state index >= 15 is 0 Å². The zero-order valence-electron chi connectivity index (χ0n) is 13.7. The van der Waals surface area contributed by atoms with Gasteiger partial charge < -0.3 is 4.74 Å². The summed E-state index contributed by atoms with van der Waals surface area (Å²) in [5.41, 5.74) is 4.00. The number of carbonyl (C=O) groups excluding carboxylic acids is 1. The van der Waals surface area contributed by atoms with Gasteiger partial charge in [-0.25, -0.2) is 9.50 Å². The molecule has 23 heavy (non-hydrogen) atoms. The van der Waals surface area contributed by atoms with Crippen LogP contribution in [0.5, 0.6) is 5.75 Å². The minimum Gasteiger partial charge on any atom is -0.496 e. The summed E-state index contributed by atoms with van der Waals surface area (Å²) in [4.78, 5) is 16.5. The molecule has 0 unspecified atom stereocenters. The van der Waals surface area contributed by atoms with Crippen LogP contribution in [0.1, 0.15) is 29.9 Å². The van der Waals surface area contributed by atoms with Gasteiger partial charge in [0.2, 0.25) is 0 Å². The lowest BCUT2D eigenvalue weighted by molar-refractivity contribution is 0.0934. The van der Waals surface area contributed by atoms with Crippen LogP contribution in [0.4, 0.5) is 0 Å². The van der Waals surface area contributed by atoms with Crippen LogP contribution in [0.2, 0.25) is 0 Å². The summed E-state index contributed by atoms with van der Waals surface area (Å²) >= 11 is 0. The Kier molecular flexibility index (Phi) is 3.86. The van der Waals surface area contributed by atoms with E-state index in [1.807, 2.05) is 45.0 Å². The molecule has 0 radical (unpaired) electrons. The first kappa shape index (κ1) is 15.2. The summed E-state index contributed by atoms with van der Waals surface area (Å²) in [6, 6.07) is 9.60. The summed E-state index contributed by atoms with van der Waals surface area (Å²) < 4.78 is 7.10. The maximum atomic E-state index is 12.2. The van der Waals surface area contributed by atoms with Gasteiger partial charge in [0.15, 0.2) is 11.4 Å². The minimum atomic E-state index is -0.0946. The van der Waals surface area contributed by atoms with Gasteiger partial charge in [0, 0.05) is 23.7 Å². The first-order chi connectivity index (χ1) is 11.0. The molecule has 2 aromatic heterocycles. The Morgan fingerprint density at radius 1 is 1.22 bits per heavy atom. The van der Waals surface area contributed by atoms with Crippen molar-refractivity contribution in [2.24, 2.45) is 5.92 Å². The molecule has 5 nitrogen and oxygen atoms in total. The SMILES string of the molecule is COc1cc(-c2ccnc3cc(C(=O)C(C)C)nn23)ccc1C. The Morgan fingerprint density at radius 2 is 2.00 bits per heavy atom. The van der Waals surface area contributed by atoms with Gasteiger partial charge in [-0.05, 0) is 24.6 Å². The Morgan fingerprint density at radius 3 is 2.70 bits per heavy atom. The number of benzene rings is 1. The van der Waals surface area contributed by atoms with Crippen molar-refractivity contribution in [1.82, 2.24) is 14.6 Å². The molecule has 3 rings (SSSR count). The summed E-state index contributed by atoms with van der Waals surface area (Å²) in [7, 11) is 1.65. The number of ether oxygens (including phenoxy) is 1. The largest absolute Gasteiger partial charge is 0.496 e. The van der Waals surface area contributed by atoms with Gasteiger partial charge in [-0.15, -0.1) is 0 Å². The van der Waals surface area contributed by atoms with Crippen LogP contribution in [-0.2, 0) is 0 Å². The zero-order chi connectivity index (χ0) is 16.6. The molecule has 0 N–H and O–H groups in total. The first-order valence-corrected chi connectivity index (χ1v) is 7.55. The molecule has 0 saturated carbocycles. The topological polar surface area (TPSA) is 56.5 Å². The Bertz CT molecular complexity index is 881. The van der Waals surface area contributed by atoms with Gasteiger partial charge in [0.1, 0.15) is 11.4 Å². The number of aryl methyl sites for hydroxylation is 1. The molecular weight excluding hydrogens is 290 g/mol. The number of hydrogen-bond donors (Lipinski definition) is 0. The fourth-order valence-electron chi connectivity index (χ4n) is 2.51. The van der Waals surface area contributed by atoms with Crippen LogP contribution >= 0.6 is 0 Å². The van der Waals surface area contributed by atoms with Crippen LogP contribution in [0.15, 0.2) is 36.5 Å². The number of Topliss-reactive ketones (excluding diaryl/α,β-unsaturated/α-hetero) is 1. The molecule has 118 valence electrons. The lowest BCUT2D eigenvalue weighted by Crippen LogP contribution is -2.08. The van der Waals surface area contributed by atoms with Crippen LogP contribution < -0.4 is 4.74 Å². The van der Waals surface area contributed by atoms with E-state index in [0.717, 1.165) is 22.6 Å². The number of hydrogen-bond acceptors (Lipinski definition) is 4. The molecule has 0 aliphatic heterocycles. The Balaban J connectivity index is 2.16. The fraction of sp³-hybridized carbons (Fsp3) is 0.278. The maximum absolute atomic E-state index is 12.2. The molecule has 0 spiro atoms. The molecule has 0 aliphatic rings. The standard InChI is InChI=1S/C18H19N3O2/c1-11(2)18(22)14-10-17-19-8-7-15(21(17)20-14)13-6-5-12(3)16(9-13)23-4/h5-11H,1-4H3. The van der Waals surface area contributed by atoms with Crippen LogP contribution in [0.25, 0.3) is 16.9 Å². The van der Waals surface area contributed by atoms with Gasteiger partial charge in [-0.1, -0.05) is 26.0 Å². The van der Waals surface area contributed by atoms with Gasteiger partial charge >= 0.3 is 0 Å². The highest BCUT2D eigenvalue weighted by molar-refractivity contribution is 5.96. The van der Waals surface area contributed by atoms with Crippen LogP contribution in [-0.4, -0.2) is 27.5 Å². The van der Waals surface area contributed by atoms with Crippen molar-refractivity contribution in [2.45, 2.75) is 20.8 Å². The smallest absolute Gasteiger partial charge is 0.185 e. The van der Waals surface area contributed by atoms with Crippen molar-refractivity contribution < 1.29 is 9.53 Å². The number of methoxy groups -OCH3 is 1. The number of ketones is 1. The first-order valence-electron chi connectivity index (χ1n) is 7.55. The molecule has 0 aliphatic carbocycles. The highest BCUT2D eigenvalue weighted by Gasteiger charge is 2.17. The lowest BCUT2D eigenvalue weighted by Gasteiger charge is -2.09. The third-order valence-corrected chi connectivity index (χ3v) is 3.84. The highest BCUT2D eigenvalue weighted by atomic mass is 16.5. The zero-order valence-corrected chi connectivity index (χ0v) is 13.7. The molecule has 1 aromatic carbocycles. The second-order valence-corrected chi connectivity index (χ2v) is 5.83. The van der Waals surface area contributed by atoms with Gasteiger partial charge in [0.25, 0.3) is 0 Å². The number of rotatable bonds is 4. The van der Waals surface area contributed by atoms with E-state index in [1.54, 1.807) is 23.9 Å². The van der Waals surface area contributed by atoms with E-state index in [9.17, 15) is 4.79 Å². The van der Waals surface area contributed by atoms with E-state index in [-0.39, 0.29) is 11.7 Å². The normalized spacial score (nSPS) is 11.2. The predicted molar refractivity (Wildman–Crippen MR) is 88.9 cm³/mol. The van der Waals surface area contributed by atoms with Crippen molar-refractivity contribution in [3.63, 3.8) is 0 Å². The molecular formula is C18H19N3O2. The summed E-state index contributed by atoms with van der Waals surface area (Å²) in [6.07, 6.45) is 1.72. The molecule has 0 bridgehead atoms. The average molecular weight is 309 g/mol. The van der Waals surface area contributed by atoms with E-state index in [1.165, 1.54) is 0 Å². The third kappa shape index (κ3) is 2.70. The van der Waals surface area contributed by atoms with Crippen molar-refractivity contribution in [3.05, 3.63) is 47.8 Å². The van der Waals surface area contributed by atoms with E-state index in [0.29, 0.717) is 11.3 Å². The van der Waals surface area contributed by atoms with Gasteiger partial charge in [-0.3, -0.25) is 4.79 Å².